The fourth-order valence-electron chi connectivity index (χ4n) is 4.25. The van der Waals surface area contributed by atoms with Gasteiger partial charge in [0.1, 0.15) is 24.1 Å². The molecule has 3 rings (SSSR count). The Balaban J connectivity index is 2.05. The van der Waals surface area contributed by atoms with Crippen LogP contribution in [0.25, 0.3) is 0 Å². The smallest absolute Gasteiger partial charge is 0.264 e. The largest absolute Gasteiger partial charge is 0.497 e. The van der Waals surface area contributed by atoms with Crippen molar-refractivity contribution in [1.82, 2.24) is 10.2 Å². The Bertz CT molecular complexity index is 1360. The summed E-state index contributed by atoms with van der Waals surface area (Å²) < 4.78 is 39.3. The summed E-state index contributed by atoms with van der Waals surface area (Å²) in [5, 5.41) is 2.88. The van der Waals surface area contributed by atoms with E-state index < -0.39 is 28.5 Å². The highest BCUT2D eigenvalue weighted by Gasteiger charge is 2.33. The molecule has 214 valence electrons. The Hall–Kier alpha value is -4.05. The molecule has 3 aromatic rings. The van der Waals surface area contributed by atoms with E-state index in [0.717, 1.165) is 16.3 Å². The summed E-state index contributed by atoms with van der Waals surface area (Å²) in [5.41, 5.74) is 1.04. The zero-order chi connectivity index (χ0) is 29.1. The molecular weight excluding hydrogens is 530 g/mol. The Morgan fingerprint density at radius 2 is 1.55 bits per heavy atom. The van der Waals surface area contributed by atoms with Crippen molar-refractivity contribution >= 4 is 27.5 Å². The molecule has 3 aromatic carbocycles. The van der Waals surface area contributed by atoms with Gasteiger partial charge in [0.25, 0.3) is 10.0 Å². The van der Waals surface area contributed by atoms with E-state index in [2.05, 4.69) is 5.32 Å². The van der Waals surface area contributed by atoms with E-state index in [9.17, 15) is 18.0 Å². The molecule has 1 atom stereocenters. The van der Waals surface area contributed by atoms with Gasteiger partial charge in [-0.05, 0) is 66.9 Å². The predicted molar refractivity (Wildman–Crippen MR) is 155 cm³/mol. The number of anilines is 1. The molecule has 1 N–H and O–H groups in total. The summed E-state index contributed by atoms with van der Waals surface area (Å²) in [6.45, 7) is 3.82. The van der Waals surface area contributed by atoms with Crippen molar-refractivity contribution < 1.29 is 27.5 Å². The number of rotatable bonds is 14. The van der Waals surface area contributed by atoms with Gasteiger partial charge in [0.15, 0.2) is 0 Å². The van der Waals surface area contributed by atoms with Gasteiger partial charge in [0.05, 0.1) is 24.8 Å². The summed E-state index contributed by atoms with van der Waals surface area (Å²) in [5.74, 6) is 0.351. The minimum absolute atomic E-state index is 0.0469. The van der Waals surface area contributed by atoms with E-state index in [1.807, 2.05) is 19.9 Å². The van der Waals surface area contributed by atoms with E-state index in [-0.39, 0.29) is 17.3 Å². The number of methoxy groups -OCH3 is 2. The molecule has 40 heavy (non-hydrogen) atoms. The highest BCUT2D eigenvalue weighted by molar-refractivity contribution is 7.92. The number of ether oxygens (including phenoxy) is 2. The SMILES string of the molecule is CCCNC(=O)[C@@H](CC)N(Cc1cccc(OC)c1)C(=O)CN(c1ccc(OC)cc1)S(=O)(=O)c1ccccc1. The Kier molecular flexibility index (Phi) is 11.0. The molecule has 0 radical (unpaired) electrons. The first-order chi connectivity index (χ1) is 19.2. The number of hydrogen-bond acceptors (Lipinski definition) is 6. The Morgan fingerprint density at radius 3 is 2.15 bits per heavy atom. The first-order valence-electron chi connectivity index (χ1n) is 13.2. The lowest BCUT2D eigenvalue weighted by Crippen LogP contribution is -2.52. The van der Waals surface area contributed by atoms with Crippen LogP contribution in [-0.4, -0.2) is 58.5 Å². The fourth-order valence-corrected chi connectivity index (χ4v) is 5.69. The van der Waals surface area contributed by atoms with Crippen molar-refractivity contribution in [1.29, 1.82) is 0 Å². The minimum atomic E-state index is -4.13. The van der Waals surface area contributed by atoms with Gasteiger partial charge in [0.2, 0.25) is 11.8 Å². The molecule has 0 heterocycles. The van der Waals surface area contributed by atoms with Gasteiger partial charge in [-0.25, -0.2) is 8.42 Å². The van der Waals surface area contributed by atoms with Crippen molar-refractivity contribution in [2.24, 2.45) is 0 Å². The fraction of sp³-hybridized carbons (Fsp3) is 0.333. The second-order valence-corrected chi connectivity index (χ2v) is 11.0. The van der Waals surface area contributed by atoms with E-state index in [0.29, 0.717) is 30.2 Å². The average Bonchev–Trinajstić information content (AvgIpc) is 2.99. The molecule has 0 saturated carbocycles. The zero-order valence-electron chi connectivity index (χ0n) is 23.4. The highest BCUT2D eigenvalue weighted by atomic mass is 32.2. The maximum Gasteiger partial charge on any atom is 0.264 e. The van der Waals surface area contributed by atoms with Gasteiger partial charge < -0.3 is 19.7 Å². The number of nitrogens with zero attached hydrogens (tertiary/aromatic N) is 2. The molecule has 0 spiro atoms. The van der Waals surface area contributed by atoms with Crippen LogP contribution in [-0.2, 0) is 26.2 Å². The van der Waals surface area contributed by atoms with Gasteiger partial charge in [-0.15, -0.1) is 0 Å². The predicted octanol–water partition coefficient (Wildman–Crippen LogP) is 4.23. The lowest BCUT2D eigenvalue weighted by molar-refractivity contribution is -0.140. The number of nitrogens with one attached hydrogen (secondary N) is 1. The number of carbonyl (C=O) groups excluding carboxylic acids is 2. The lowest BCUT2D eigenvalue weighted by Gasteiger charge is -2.33. The topological polar surface area (TPSA) is 105 Å². The molecule has 0 aromatic heterocycles. The highest BCUT2D eigenvalue weighted by Crippen LogP contribution is 2.27. The number of hydrogen-bond donors (Lipinski definition) is 1. The summed E-state index contributed by atoms with van der Waals surface area (Å²) in [6, 6.07) is 20.8. The van der Waals surface area contributed by atoms with Crippen LogP contribution in [0, 0.1) is 0 Å². The van der Waals surface area contributed by atoms with Crippen LogP contribution < -0.4 is 19.1 Å². The summed E-state index contributed by atoms with van der Waals surface area (Å²) in [6.07, 6.45) is 1.09. The maximum absolute atomic E-state index is 14.0. The van der Waals surface area contributed by atoms with Crippen molar-refractivity contribution in [2.45, 2.75) is 44.2 Å². The van der Waals surface area contributed by atoms with Gasteiger partial charge in [-0.2, -0.15) is 0 Å². The van der Waals surface area contributed by atoms with E-state index in [1.54, 1.807) is 67.8 Å². The van der Waals surface area contributed by atoms with Crippen LogP contribution in [0.1, 0.15) is 32.3 Å². The third-order valence-electron chi connectivity index (χ3n) is 6.39. The van der Waals surface area contributed by atoms with Gasteiger partial charge >= 0.3 is 0 Å². The Morgan fingerprint density at radius 1 is 0.875 bits per heavy atom. The zero-order valence-corrected chi connectivity index (χ0v) is 24.2. The van der Waals surface area contributed by atoms with E-state index in [1.165, 1.54) is 24.1 Å². The van der Waals surface area contributed by atoms with E-state index >= 15 is 0 Å². The molecule has 10 heteroatoms. The van der Waals surface area contributed by atoms with Crippen LogP contribution in [0.15, 0.2) is 83.8 Å². The van der Waals surface area contributed by atoms with Crippen molar-refractivity contribution in [3.63, 3.8) is 0 Å². The normalized spacial score (nSPS) is 11.8. The van der Waals surface area contributed by atoms with Gasteiger partial charge in [-0.3, -0.25) is 13.9 Å². The molecule has 9 nitrogen and oxygen atoms in total. The van der Waals surface area contributed by atoms with Gasteiger partial charge in [0, 0.05) is 13.1 Å². The molecule has 0 aliphatic carbocycles. The number of amides is 2. The van der Waals surface area contributed by atoms with Gasteiger partial charge in [-0.1, -0.05) is 44.2 Å². The minimum Gasteiger partial charge on any atom is -0.497 e. The van der Waals surface area contributed by atoms with Crippen molar-refractivity contribution in [3.8, 4) is 11.5 Å². The lowest BCUT2D eigenvalue weighted by atomic mass is 10.1. The van der Waals surface area contributed by atoms with Crippen LogP contribution in [0.4, 0.5) is 5.69 Å². The maximum atomic E-state index is 14.0. The van der Waals surface area contributed by atoms with Crippen LogP contribution in [0.3, 0.4) is 0 Å². The molecule has 0 aliphatic heterocycles. The third kappa shape index (κ3) is 7.53. The molecule has 0 saturated heterocycles. The van der Waals surface area contributed by atoms with Crippen molar-refractivity contribution in [2.75, 3.05) is 31.6 Å². The molecule has 0 bridgehead atoms. The standard InChI is InChI=1S/C30H37N3O6S/c1-5-19-31-30(35)28(6-2)32(21-23-11-10-12-26(20-23)39-4)29(34)22-33(24-15-17-25(38-3)18-16-24)40(36,37)27-13-8-7-9-14-27/h7-18,20,28H,5-6,19,21-22H2,1-4H3,(H,31,35)/t28-/m1/s1. The average molecular weight is 568 g/mol. The molecule has 0 fully saturated rings. The number of benzene rings is 3. The monoisotopic (exact) mass is 567 g/mol. The van der Waals surface area contributed by atoms with Crippen LogP contribution in [0.2, 0.25) is 0 Å². The van der Waals surface area contributed by atoms with Crippen LogP contribution >= 0.6 is 0 Å². The first kappa shape index (κ1) is 30.5. The quantitative estimate of drug-likeness (QED) is 0.313. The molecule has 0 aliphatic rings. The molecule has 0 unspecified atom stereocenters. The van der Waals surface area contributed by atoms with E-state index in [4.69, 9.17) is 9.47 Å². The Labute approximate surface area is 236 Å². The number of carbonyl (C=O) groups is 2. The first-order valence-corrected chi connectivity index (χ1v) is 14.6. The summed E-state index contributed by atoms with van der Waals surface area (Å²) in [4.78, 5) is 28.7. The number of sulfonamides is 1. The molecule has 2 amide bonds. The summed E-state index contributed by atoms with van der Waals surface area (Å²) >= 11 is 0. The van der Waals surface area contributed by atoms with Crippen LogP contribution in [0.5, 0.6) is 11.5 Å². The second-order valence-electron chi connectivity index (χ2n) is 9.11. The summed E-state index contributed by atoms with van der Waals surface area (Å²) in [7, 11) is -1.06. The third-order valence-corrected chi connectivity index (χ3v) is 8.18. The molecular formula is C30H37N3O6S. The second kappa shape index (κ2) is 14.4. The van der Waals surface area contributed by atoms with Crippen molar-refractivity contribution in [3.05, 3.63) is 84.4 Å².